The second kappa shape index (κ2) is 6.62. The highest BCUT2D eigenvalue weighted by atomic mass is 35.5. The van der Waals surface area contributed by atoms with Crippen LogP contribution in [0.1, 0.15) is 0 Å². The third-order valence-electron chi connectivity index (χ3n) is 1.71. The quantitative estimate of drug-likeness (QED) is 0.645. The van der Waals surface area contributed by atoms with E-state index in [9.17, 15) is 4.39 Å². The maximum absolute atomic E-state index is 13.0. The fraction of sp³-hybridized carbons (Fsp3) is 0.300. The van der Waals surface area contributed by atoms with Crippen LogP contribution >= 0.6 is 23.8 Å². The predicted molar refractivity (Wildman–Crippen MR) is 67.5 cm³/mol. The Bertz CT molecular complexity index is 356. The molecule has 0 saturated heterocycles. The van der Waals surface area contributed by atoms with Crippen molar-refractivity contribution in [3.05, 3.63) is 29.0 Å². The van der Waals surface area contributed by atoms with Crippen LogP contribution in [0.5, 0.6) is 0 Å². The topological polar surface area (TPSA) is 33.3 Å². The van der Waals surface area contributed by atoms with Crippen LogP contribution in [0.15, 0.2) is 18.2 Å². The third kappa shape index (κ3) is 4.74. The molecule has 88 valence electrons. The van der Waals surface area contributed by atoms with Gasteiger partial charge in [0.05, 0.1) is 6.61 Å². The Hall–Kier alpha value is -0.910. The monoisotopic (exact) mass is 262 g/mol. The minimum Gasteiger partial charge on any atom is -0.383 e. The molecule has 0 amide bonds. The van der Waals surface area contributed by atoms with Gasteiger partial charge in [-0.1, -0.05) is 11.6 Å². The molecule has 1 aromatic carbocycles. The Balaban J connectivity index is 2.49. The van der Waals surface area contributed by atoms with Gasteiger partial charge in [-0.3, -0.25) is 0 Å². The van der Waals surface area contributed by atoms with E-state index in [0.717, 1.165) is 0 Å². The van der Waals surface area contributed by atoms with E-state index >= 15 is 0 Å². The summed E-state index contributed by atoms with van der Waals surface area (Å²) < 4.78 is 17.8. The van der Waals surface area contributed by atoms with Crippen LogP contribution in [0.4, 0.5) is 10.1 Å². The van der Waals surface area contributed by atoms with E-state index in [1.54, 1.807) is 13.2 Å². The molecule has 0 radical (unpaired) electrons. The molecule has 0 atom stereocenters. The molecule has 0 heterocycles. The summed E-state index contributed by atoms with van der Waals surface area (Å²) in [7, 11) is 1.60. The lowest BCUT2D eigenvalue weighted by molar-refractivity contribution is 0.204. The van der Waals surface area contributed by atoms with Gasteiger partial charge in [0.2, 0.25) is 0 Å². The fourth-order valence-corrected chi connectivity index (χ4v) is 1.51. The van der Waals surface area contributed by atoms with Gasteiger partial charge in [-0.05, 0) is 30.4 Å². The van der Waals surface area contributed by atoms with E-state index in [1.807, 2.05) is 0 Å². The van der Waals surface area contributed by atoms with E-state index in [-0.39, 0.29) is 0 Å². The van der Waals surface area contributed by atoms with Crippen LogP contribution in [0.25, 0.3) is 0 Å². The highest BCUT2D eigenvalue weighted by molar-refractivity contribution is 7.80. The first-order valence-corrected chi connectivity index (χ1v) is 5.40. The van der Waals surface area contributed by atoms with Crippen molar-refractivity contribution in [3.63, 3.8) is 0 Å². The van der Waals surface area contributed by atoms with Gasteiger partial charge in [0.25, 0.3) is 0 Å². The molecule has 1 rings (SSSR count). The van der Waals surface area contributed by atoms with Crippen LogP contribution in [-0.4, -0.2) is 25.4 Å². The summed E-state index contributed by atoms with van der Waals surface area (Å²) in [6, 6.07) is 4.14. The number of benzene rings is 1. The lowest BCUT2D eigenvalue weighted by Gasteiger charge is -2.10. The molecule has 0 saturated carbocycles. The van der Waals surface area contributed by atoms with Crippen molar-refractivity contribution in [3.8, 4) is 0 Å². The molecule has 0 bridgehead atoms. The molecule has 0 spiro atoms. The van der Waals surface area contributed by atoms with Gasteiger partial charge >= 0.3 is 0 Å². The summed E-state index contributed by atoms with van der Waals surface area (Å²) in [6.07, 6.45) is 0. The van der Waals surface area contributed by atoms with E-state index in [1.165, 1.54) is 12.1 Å². The summed E-state index contributed by atoms with van der Waals surface area (Å²) in [6.45, 7) is 1.14. The number of anilines is 1. The van der Waals surface area contributed by atoms with Crippen molar-refractivity contribution in [2.75, 3.05) is 25.6 Å². The average molecular weight is 263 g/mol. The normalized spacial score (nSPS) is 9.94. The average Bonchev–Trinajstić information content (AvgIpc) is 2.16. The Morgan fingerprint density at radius 3 is 2.88 bits per heavy atom. The second-order valence-corrected chi connectivity index (χ2v) is 3.88. The van der Waals surface area contributed by atoms with E-state index in [0.29, 0.717) is 29.0 Å². The van der Waals surface area contributed by atoms with Gasteiger partial charge in [0.1, 0.15) is 5.82 Å². The number of hydrogen-bond donors (Lipinski definition) is 2. The first-order valence-electron chi connectivity index (χ1n) is 4.61. The highest BCUT2D eigenvalue weighted by Crippen LogP contribution is 2.17. The molecular weight excluding hydrogens is 251 g/mol. The van der Waals surface area contributed by atoms with Gasteiger partial charge in [-0.25, -0.2) is 4.39 Å². The first kappa shape index (κ1) is 13.2. The number of ether oxygens (including phenoxy) is 1. The van der Waals surface area contributed by atoms with Crippen molar-refractivity contribution >= 4 is 34.6 Å². The number of nitrogens with one attached hydrogen (secondary N) is 2. The van der Waals surface area contributed by atoms with Gasteiger partial charge in [-0.2, -0.15) is 0 Å². The van der Waals surface area contributed by atoms with Crippen molar-refractivity contribution in [1.82, 2.24) is 5.32 Å². The van der Waals surface area contributed by atoms with Crippen molar-refractivity contribution < 1.29 is 9.13 Å². The first-order chi connectivity index (χ1) is 7.61. The molecule has 6 heteroatoms. The van der Waals surface area contributed by atoms with E-state index in [4.69, 9.17) is 28.6 Å². The molecular formula is C10H12ClFN2OS. The maximum atomic E-state index is 13.0. The van der Waals surface area contributed by atoms with Gasteiger partial charge in [-0.15, -0.1) is 0 Å². The lowest BCUT2D eigenvalue weighted by atomic mass is 10.3. The molecule has 3 nitrogen and oxygen atoms in total. The van der Waals surface area contributed by atoms with Gasteiger partial charge < -0.3 is 15.4 Å². The maximum Gasteiger partial charge on any atom is 0.170 e. The smallest absolute Gasteiger partial charge is 0.170 e. The number of methoxy groups -OCH3 is 1. The Labute approximate surface area is 104 Å². The molecule has 0 aromatic heterocycles. The Morgan fingerprint density at radius 2 is 2.25 bits per heavy atom. The molecule has 2 N–H and O–H groups in total. The number of rotatable bonds is 4. The zero-order valence-electron chi connectivity index (χ0n) is 8.72. The summed E-state index contributed by atoms with van der Waals surface area (Å²) in [5.41, 5.74) is 0.514. The Morgan fingerprint density at radius 1 is 1.50 bits per heavy atom. The van der Waals surface area contributed by atoms with Gasteiger partial charge in [0, 0.05) is 24.4 Å². The number of thiocarbonyl (C=S) groups is 1. The summed E-state index contributed by atoms with van der Waals surface area (Å²) in [4.78, 5) is 0. The van der Waals surface area contributed by atoms with E-state index in [2.05, 4.69) is 10.6 Å². The van der Waals surface area contributed by atoms with Crippen molar-refractivity contribution in [1.29, 1.82) is 0 Å². The fourth-order valence-electron chi connectivity index (χ4n) is 1.07. The molecule has 1 aromatic rings. The second-order valence-electron chi connectivity index (χ2n) is 3.03. The molecule has 0 aliphatic carbocycles. The van der Waals surface area contributed by atoms with E-state index < -0.39 is 5.82 Å². The highest BCUT2D eigenvalue weighted by Gasteiger charge is 2.01. The Kier molecular flexibility index (Phi) is 5.45. The molecule has 0 unspecified atom stereocenters. The van der Waals surface area contributed by atoms with Crippen LogP contribution in [0, 0.1) is 5.82 Å². The number of hydrogen-bond acceptors (Lipinski definition) is 2. The summed E-state index contributed by atoms with van der Waals surface area (Å²) in [5, 5.41) is 6.45. The largest absolute Gasteiger partial charge is 0.383 e. The summed E-state index contributed by atoms with van der Waals surface area (Å²) in [5.74, 6) is -0.408. The lowest BCUT2D eigenvalue weighted by Crippen LogP contribution is -2.31. The SMILES string of the molecule is COCCNC(=S)Nc1cc(F)cc(Cl)c1. The van der Waals surface area contributed by atoms with Crippen LogP contribution in [0.3, 0.4) is 0 Å². The van der Waals surface area contributed by atoms with Gasteiger partial charge in [0.15, 0.2) is 5.11 Å². The number of halogens is 2. The van der Waals surface area contributed by atoms with Crippen LogP contribution in [-0.2, 0) is 4.74 Å². The predicted octanol–water partition coefficient (Wildman–Crippen LogP) is 2.41. The molecule has 0 aliphatic rings. The molecule has 0 aliphatic heterocycles. The van der Waals surface area contributed by atoms with Crippen LogP contribution in [0.2, 0.25) is 5.02 Å². The molecule has 0 fully saturated rings. The third-order valence-corrected chi connectivity index (χ3v) is 2.18. The van der Waals surface area contributed by atoms with Crippen molar-refractivity contribution in [2.24, 2.45) is 0 Å². The molecule has 16 heavy (non-hydrogen) atoms. The zero-order chi connectivity index (χ0) is 12.0. The minimum absolute atomic E-state index is 0.321. The minimum atomic E-state index is -0.408. The summed E-state index contributed by atoms with van der Waals surface area (Å²) >= 11 is 10.7. The zero-order valence-corrected chi connectivity index (χ0v) is 10.3. The van der Waals surface area contributed by atoms with Crippen molar-refractivity contribution in [2.45, 2.75) is 0 Å². The van der Waals surface area contributed by atoms with Crippen LogP contribution < -0.4 is 10.6 Å². The standard InChI is InChI=1S/C10H12ClFN2OS/c1-15-3-2-13-10(16)14-9-5-7(11)4-8(12)6-9/h4-6H,2-3H2,1H3,(H2,13,14,16).